The Morgan fingerprint density at radius 2 is 2.11 bits per heavy atom. The molecule has 0 unspecified atom stereocenters. The molecule has 3 aromatic rings. The predicted octanol–water partition coefficient (Wildman–Crippen LogP) is 5.00. The van der Waals surface area contributed by atoms with Crippen molar-refractivity contribution >= 4 is 38.4 Å². The van der Waals surface area contributed by atoms with Gasteiger partial charge in [0.25, 0.3) is 5.91 Å². The van der Waals surface area contributed by atoms with E-state index in [-0.39, 0.29) is 22.9 Å². The summed E-state index contributed by atoms with van der Waals surface area (Å²) in [6.45, 7) is 6.12. The maximum absolute atomic E-state index is 13.0. The fourth-order valence-corrected chi connectivity index (χ4v) is 4.65. The zero-order chi connectivity index (χ0) is 19.3. The second-order valence-electron chi connectivity index (χ2n) is 7.21. The Hall–Kier alpha value is -2.40. The summed E-state index contributed by atoms with van der Waals surface area (Å²) >= 11 is 3.50. The molecule has 1 aliphatic heterocycles. The monoisotopic (exact) mass is 424 g/mol. The summed E-state index contributed by atoms with van der Waals surface area (Å²) in [6, 6.07) is 9.98. The maximum atomic E-state index is 13.0. The van der Waals surface area contributed by atoms with Gasteiger partial charge >= 0.3 is 0 Å². The number of hydrogen-bond acceptors (Lipinski definition) is 2. The van der Waals surface area contributed by atoms with Gasteiger partial charge in [0.15, 0.2) is 0 Å². The van der Waals surface area contributed by atoms with Crippen molar-refractivity contribution < 1.29 is 4.79 Å². The first kappa shape index (κ1) is 18.0. The van der Waals surface area contributed by atoms with Crippen molar-refractivity contribution in [3.63, 3.8) is 0 Å². The Balaban J connectivity index is 1.82. The first-order valence-corrected chi connectivity index (χ1v) is 9.97. The number of pyridine rings is 1. The predicted molar refractivity (Wildman–Crippen MR) is 113 cm³/mol. The first-order chi connectivity index (χ1) is 12.9. The van der Waals surface area contributed by atoms with E-state index in [1.165, 1.54) is 5.56 Å². The van der Waals surface area contributed by atoms with Crippen LogP contribution in [0.2, 0.25) is 0 Å². The highest BCUT2D eigenvalue weighted by Crippen LogP contribution is 2.31. The summed E-state index contributed by atoms with van der Waals surface area (Å²) in [4.78, 5) is 26.1. The highest BCUT2D eigenvalue weighted by Gasteiger charge is 2.24. The molecule has 4 rings (SSSR count). The molecule has 0 bridgehead atoms. The Bertz CT molecular complexity index is 1150. The molecule has 0 fully saturated rings. The molecule has 1 amide bonds. The molecule has 1 N–H and O–H groups in total. The van der Waals surface area contributed by atoms with E-state index in [0.29, 0.717) is 5.39 Å². The number of rotatable bonds is 3. The normalized spacial score (nSPS) is 15.3. The summed E-state index contributed by atoms with van der Waals surface area (Å²) in [5.74, 6) is -0.352. The average Bonchev–Trinajstić information content (AvgIpc) is 2.96. The summed E-state index contributed by atoms with van der Waals surface area (Å²) in [7, 11) is 0. The van der Waals surface area contributed by atoms with Crippen LogP contribution in [0.25, 0.3) is 10.9 Å². The Morgan fingerprint density at radius 1 is 1.33 bits per heavy atom. The number of nitrogens with one attached hydrogen (secondary N) is 1. The van der Waals surface area contributed by atoms with Crippen LogP contribution >= 0.6 is 15.9 Å². The summed E-state index contributed by atoms with van der Waals surface area (Å²) in [6.07, 6.45) is 3.40. The van der Waals surface area contributed by atoms with Crippen molar-refractivity contribution in [1.29, 1.82) is 0 Å². The third kappa shape index (κ3) is 2.90. The van der Waals surface area contributed by atoms with Crippen LogP contribution in [0.3, 0.4) is 0 Å². The summed E-state index contributed by atoms with van der Waals surface area (Å²) in [5.41, 5.74) is 4.90. The molecule has 1 atom stereocenters. The van der Waals surface area contributed by atoms with E-state index in [9.17, 15) is 9.59 Å². The topological polar surface area (TPSA) is 51.1 Å². The van der Waals surface area contributed by atoms with Crippen LogP contribution in [0.1, 0.15) is 46.9 Å². The lowest BCUT2D eigenvalue weighted by molar-refractivity contribution is 0.102. The molecular weight excluding hydrogens is 404 g/mol. The van der Waals surface area contributed by atoms with E-state index in [1.807, 2.05) is 38.1 Å². The van der Waals surface area contributed by atoms with Gasteiger partial charge in [-0.2, -0.15) is 0 Å². The molecule has 0 saturated carbocycles. The lowest BCUT2D eigenvalue weighted by Crippen LogP contribution is -2.24. The van der Waals surface area contributed by atoms with E-state index in [2.05, 4.69) is 38.8 Å². The van der Waals surface area contributed by atoms with Crippen LogP contribution in [0.15, 0.2) is 45.8 Å². The van der Waals surface area contributed by atoms with Crippen molar-refractivity contribution in [2.45, 2.75) is 39.7 Å². The van der Waals surface area contributed by atoms with E-state index in [0.717, 1.165) is 39.6 Å². The van der Waals surface area contributed by atoms with Crippen molar-refractivity contribution in [1.82, 2.24) is 4.57 Å². The van der Waals surface area contributed by atoms with Gasteiger partial charge in [0.2, 0.25) is 5.43 Å². The summed E-state index contributed by atoms with van der Waals surface area (Å²) < 4.78 is 3.05. The Morgan fingerprint density at radius 3 is 2.85 bits per heavy atom. The molecule has 1 aromatic heterocycles. The number of anilines is 1. The van der Waals surface area contributed by atoms with Gasteiger partial charge in [0.1, 0.15) is 5.56 Å². The van der Waals surface area contributed by atoms with Gasteiger partial charge in [0, 0.05) is 27.8 Å². The van der Waals surface area contributed by atoms with E-state index in [4.69, 9.17) is 0 Å². The largest absolute Gasteiger partial charge is 0.343 e. The summed E-state index contributed by atoms with van der Waals surface area (Å²) in [5, 5.41) is 3.61. The number of carbonyl (C=O) groups is 1. The highest BCUT2D eigenvalue weighted by molar-refractivity contribution is 9.10. The minimum absolute atomic E-state index is 0.192. The smallest absolute Gasteiger partial charge is 0.261 e. The fourth-order valence-electron chi connectivity index (χ4n) is 4.03. The molecule has 4 nitrogen and oxygen atoms in total. The molecular formula is C22H21BrN2O2. The maximum Gasteiger partial charge on any atom is 0.261 e. The molecule has 2 heterocycles. The van der Waals surface area contributed by atoms with Crippen molar-refractivity contribution in [2.75, 3.05) is 5.32 Å². The van der Waals surface area contributed by atoms with Gasteiger partial charge < -0.3 is 9.88 Å². The number of carbonyl (C=O) groups excluding carboxylic acids is 1. The molecule has 0 radical (unpaired) electrons. The lowest BCUT2D eigenvalue weighted by Gasteiger charge is -2.16. The van der Waals surface area contributed by atoms with Gasteiger partial charge in [-0.05, 0) is 61.6 Å². The molecule has 27 heavy (non-hydrogen) atoms. The first-order valence-electron chi connectivity index (χ1n) is 9.17. The number of halogens is 1. The quantitative estimate of drug-likeness (QED) is 0.642. The van der Waals surface area contributed by atoms with Crippen molar-refractivity contribution in [3.8, 4) is 0 Å². The number of hydrogen-bond donors (Lipinski definition) is 1. The minimum Gasteiger partial charge on any atom is -0.343 e. The average molecular weight is 425 g/mol. The Labute approximate surface area is 166 Å². The third-order valence-corrected chi connectivity index (χ3v) is 5.83. The zero-order valence-corrected chi connectivity index (χ0v) is 17.2. The van der Waals surface area contributed by atoms with Crippen molar-refractivity contribution in [2.24, 2.45) is 0 Å². The van der Waals surface area contributed by atoms with Crippen LogP contribution in [-0.4, -0.2) is 10.5 Å². The van der Waals surface area contributed by atoms with Crippen LogP contribution < -0.4 is 10.7 Å². The number of nitrogens with zero attached hydrogens (tertiary/aromatic N) is 1. The van der Waals surface area contributed by atoms with Crippen LogP contribution in [0.5, 0.6) is 0 Å². The van der Waals surface area contributed by atoms with Gasteiger partial charge in [-0.15, -0.1) is 0 Å². The number of benzene rings is 2. The molecule has 0 saturated heterocycles. The molecule has 0 aliphatic carbocycles. The standard InChI is InChI=1S/C22H21BrN2O2/c1-4-14-10-16(23)8-12(2)19(14)24-22(27)18-11-25-13(3)9-15-6-5-7-17(20(15)25)21(18)26/h5-8,10-11,13H,4,9H2,1-3H3,(H,24,27)/t13-/m0/s1. The third-order valence-electron chi connectivity index (χ3n) is 5.37. The Kier molecular flexibility index (Phi) is 4.42. The molecule has 5 heteroatoms. The van der Waals surface area contributed by atoms with E-state index in [1.54, 1.807) is 6.20 Å². The molecule has 0 spiro atoms. The number of aryl methyl sites for hydroxylation is 2. The number of amides is 1. The van der Waals surface area contributed by atoms with E-state index >= 15 is 0 Å². The minimum atomic E-state index is -0.352. The molecule has 2 aromatic carbocycles. The SMILES string of the molecule is CCc1cc(Br)cc(C)c1NC(=O)c1cn2c3c(cccc3c1=O)C[C@@H]2C. The van der Waals surface area contributed by atoms with E-state index < -0.39 is 0 Å². The number of para-hydroxylation sites is 1. The zero-order valence-electron chi connectivity index (χ0n) is 15.6. The van der Waals surface area contributed by atoms with Gasteiger partial charge in [0.05, 0.1) is 5.52 Å². The highest BCUT2D eigenvalue weighted by atomic mass is 79.9. The number of aromatic nitrogens is 1. The molecule has 138 valence electrons. The van der Waals surface area contributed by atoms with Gasteiger partial charge in [-0.25, -0.2) is 0 Å². The van der Waals surface area contributed by atoms with Crippen LogP contribution in [0.4, 0.5) is 5.69 Å². The van der Waals surface area contributed by atoms with Gasteiger partial charge in [-0.3, -0.25) is 9.59 Å². The molecule has 1 aliphatic rings. The second kappa shape index (κ2) is 6.64. The second-order valence-corrected chi connectivity index (χ2v) is 8.13. The van der Waals surface area contributed by atoms with Gasteiger partial charge in [-0.1, -0.05) is 35.0 Å². The van der Waals surface area contributed by atoms with Crippen LogP contribution in [0, 0.1) is 6.92 Å². The van der Waals surface area contributed by atoms with Crippen molar-refractivity contribution in [3.05, 3.63) is 73.5 Å². The fraction of sp³-hybridized carbons (Fsp3) is 0.273. The lowest BCUT2D eigenvalue weighted by atomic mass is 10.0. The van der Waals surface area contributed by atoms with Crippen LogP contribution in [-0.2, 0) is 12.8 Å².